The van der Waals surface area contributed by atoms with Gasteiger partial charge in [0.25, 0.3) is 0 Å². The molecule has 3 rings (SSSR count). The van der Waals surface area contributed by atoms with E-state index in [0.29, 0.717) is 11.8 Å². The zero-order valence-electron chi connectivity index (χ0n) is 11.3. The van der Waals surface area contributed by atoms with E-state index in [2.05, 4.69) is 17.4 Å². The normalized spacial score (nSPS) is 18.8. The Hall–Kier alpha value is -1.87. The molecule has 2 aromatic carbocycles. The lowest BCUT2D eigenvalue weighted by Crippen LogP contribution is -2.26. The molecule has 0 amide bonds. The highest BCUT2D eigenvalue weighted by Gasteiger charge is 2.14. The zero-order chi connectivity index (χ0) is 13.8. The fourth-order valence-corrected chi connectivity index (χ4v) is 2.54. The summed E-state index contributed by atoms with van der Waals surface area (Å²) in [6.07, 6.45) is 3.74. The van der Waals surface area contributed by atoms with Crippen molar-refractivity contribution in [2.45, 2.75) is 25.3 Å². The van der Waals surface area contributed by atoms with Gasteiger partial charge in [0, 0.05) is 6.04 Å². The van der Waals surface area contributed by atoms with E-state index in [4.69, 9.17) is 4.74 Å². The van der Waals surface area contributed by atoms with Gasteiger partial charge in [-0.3, -0.25) is 0 Å². The lowest BCUT2D eigenvalue weighted by Gasteiger charge is -2.23. The monoisotopic (exact) mass is 271 g/mol. The summed E-state index contributed by atoms with van der Waals surface area (Å²) in [6, 6.07) is 14.7. The fraction of sp³-hybridized carbons (Fsp3) is 0.294. The van der Waals surface area contributed by atoms with Crippen LogP contribution in [0.15, 0.2) is 48.5 Å². The van der Waals surface area contributed by atoms with E-state index in [1.807, 2.05) is 12.1 Å². The first kappa shape index (κ1) is 13.1. The van der Waals surface area contributed by atoms with E-state index in [1.165, 1.54) is 37.0 Å². The van der Waals surface area contributed by atoms with Gasteiger partial charge in [-0.05, 0) is 61.3 Å². The smallest absolute Gasteiger partial charge is 0.127 e. The molecule has 0 saturated carbocycles. The number of hydrogen-bond donors (Lipinski definition) is 1. The van der Waals surface area contributed by atoms with E-state index in [-0.39, 0.29) is 5.82 Å². The summed E-state index contributed by atoms with van der Waals surface area (Å²) in [6.45, 7) is 1.10. The predicted molar refractivity (Wildman–Crippen MR) is 77.5 cm³/mol. The van der Waals surface area contributed by atoms with Gasteiger partial charge < -0.3 is 10.1 Å². The molecule has 2 aromatic rings. The highest BCUT2D eigenvalue weighted by Crippen LogP contribution is 2.26. The standard InChI is InChI=1S/C17H18FNO/c18-14-6-10-16(11-7-14)20-15-8-4-13(5-9-15)17-3-1-2-12-19-17/h4-11,17,19H,1-3,12H2. The Morgan fingerprint density at radius 2 is 1.55 bits per heavy atom. The van der Waals surface area contributed by atoms with Crippen molar-refractivity contribution in [3.63, 3.8) is 0 Å². The molecule has 3 heteroatoms. The van der Waals surface area contributed by atoms with Gasteiger partial charge >= 0.3 is 0 Å². The van der Waals surface area contributed by atoms with Gasteiger partial charge in [0.2, 0.25) is 0 Å². The van der Waals surface area contributed by atoms with Gasteiger partial charge in [0.1, 0.15) is 17.3 Å². The summed E-state index contributed by atoms with van der Waals surface area (Å²) < 4.78 is 18.5. The Balaban J connectivity index is 1.67. The lowest BCUT2D eigenvalue weighted by molar-refractivity contribution is 0.411. The van der Waals surface area contributed by atoms with Crippen molar-refractivity contribution in [3.05, 3.63) is 59.9 Å². The first-order valence-electron chi connectivity index (χ1n) is 7.08. The van der Waals surface area contributed by atoms with Crippen LogP contribution in [-0.4, -0.2) is 6.54 Å². The first-order chi connectivity index (χ1) is 9.81. The molecular formula is C17H18FNO. The Bertz CT molecular complexity index is 544. The number of ether oxygens (including phenoxy) is 1. The Kier molecular flexibility index (Phi) is 3.97. The second-order valence-corrected chi connectivity index (χ2v) is 5.13. The van der Waals surface area contributed by atoms with Crippen molar-refractivity contribution in [1.29, 1.82) is 0 Å². The molecular weight excluding hydrogens is 253 g/mol. The topological polar surface area (TPSA) is 21.3 Å². The second kappa shape index (κ2) is 6.06. The van der Waals surface area contributed by atoms with Crippen LogP contribution >= 0.6 is 0 Å². The van der Waals surface area contributed by atoms with Crippen LogP contribution in [0.25, 0.3) is 0 Å². The average molecular weight is 271 g/mol. The molecule has 1 heterocycles. The van der Waals surface area contributed by atoms with Crippen LogP contribution < -0.4 is 10.1 Å². The summed E-state index contributed by atoms with van der Waals surface area (Å²) in [5.74, 6) is 1.17. The Labute approximate surface area is 118 Å². The maximum atomic E-state index is 12.8. The van der Waals surface area contributed by atoms with Gasteiger partial charge in [0.05, 0.1) is 0 Å². The molecule has 1 N–H and O–H groups in total. The summed E-state index contributed by atoms with van der Waals surface area (Å²) in [5.41, 5.74) is 1.30. The molecule has 1 aliphatic heterocycles. The van der Waals surface area contributed by atoms with E-state index < -0.39 is 0 Å². The van der Waals surface area contributed by atoms with Crippen LogP contribution in [0.3, 0.4) is 0 Å². The van der Waals surface area contributed by atoms with Crippen molar-refractivity contribution in [1.82, 2.24) is 5.32 Å². The quantitative estimate of drug-likeness (QED) is 0.891. The van der Waals surface area contributed by atoms with Gasteiger partial charge in [0.15, 0.2) is 0 Å². The van der Waals surface area contributed by atoms with Crippen molar-refractivity contribution >= 4 is 0 Å². The lowest BCUT2D eigenvalue weighted by atomic mass is 9.98. The maximum absolute atomic E-state index is 12.8. The second-order valence-electron chi connectivity index (χ2n) is 5.13. The van der Waals surface area contributed by atoms with E-state index in [1.54, 1.807) is 12.1 Å². The number of hydrogen-bond acceptors (Lipinski definition) is 2. The van der Waals surface area contributed by atoms with Gasteiger partial charge in [-0.1, -0.05) is 18.6 Å². The molecule has 1 fully saturated rings. The Morgan fingerprint density at radius 1 is 0.900 bits per heavy atom. The summed E-state index contributed by atoms with van der Waals surface area (Å²) in [5, 5.41) is 3.53. The summed E-state index contributed by atoms with van der Waals surface area (Å²) >= 11 is 0. The molecule has 1 unspecified atom stereocenters. The van der Waals surface area contributed by atoms with Crippen LogP contribution in [-0.2, 0) is 0 Å². The third-order valence-corrected chi connectivity index (χ3v) is 3.64. The highest BCUT2D eigenvalue weighted by atomic mass is 19.1. The molecule has 20 heavy (non-hydrogen) atoms. The van der Waals surface area contributed by atoms with E-state index in [0.717, 1.165) is 12.3 Å². The number of rotatable bonds is 3. The van der Waals surface area contributed by atoms with Gasteiger partial charge in [-0.2, -0.15) is 0 Å². The van der Waals surface area contributed by atoms with E-state index >= 15 is 0 Å². The van der Waals surface area contributed by atoms with Crippen LogP contribution in [0.1, 0.15) is 30.9 Å². The molecule has 1 aliphatic rings. The summed E-state index contributed by atoms with van der Waals surface area (Å²) in [7, 11) is 0. The SMILES string of the molecule is Fc1ccc(Oc2ccc(C3CCCCN3)cc2)cc1. The minimum Gasteiger partial charge on any atom is -0.457 e. The Morgan fingerprint density at radius 3 is 2.15 bits per heavy atom. The molecule has 2 nitrogen and oxygen atoms in total. The minimum absolute atomic E-state index is 0.254. The number of nitrogens with one attached hydrogen (secondary N) is 1. The molecule has 0 radical (unpaired) electrons. The van der Waals surface area contributed by atoms with Crippen LogP contribution in [0.2, 0.25) is 0 Å². The summed E-state index contributed by atoms with van der Waals surface area (Å²) in [4.78, 5) is 0. The molecule has 0 aliphatic carbocycles. The van der Waals surface area contributed by atoms with Crippen molar-refractivity contribution < 1.29 is 9.13 Å². The van der Waals surface area contributed by atoms with Gasteiger partial charge in [-0.15, -0.1) is 0 Å². The van der Waals surface area contributed by atoms with Crippen LogP contribution in [0, 0.1) is 5.82 Å². The van der Waals surface area contributed by atoms with Crippen LogP contribution in [0.5, 0.6) is 11.5 Å². The zero-order valence-corrected chi connectivity index (χ0v) is 11.3. The number of piperidine rings is 1. The van der Waals surface area contributed by atoms with Crippen molar-refractivity contribution in [2.75, 3.05) is 6.54 Å². The molecule has 1 saturated heterocycles. The third kappa shape index (κ3) is 3.17. The molecule has 0 bridgehead atoms. The van der Waals surface area contributed by atoms with Crippen molar-refractivity contribution in [2.24, 2.45) is 0 Å². The van der Waals surface area contributed by atoms with Crippen molar-refractivity contribution in [3.8, 4) is 11.5 Å². The fourth-order valence-electron chi connectivity index (χ4n) is 2.54. The van der Waals surface area contributed by atoms with Crippen LogP contribution in [0.4, 0.5) is 4.39 Å². The molecule has 0 aromatic heterocycles. The average Bonchev–Trinajstić information content (AvgIpc) is 2.51. The minimum atomic E-state index is -0.254. The first-order valence-corrected chi connectivity index (χ1v) is 7.08. The molecule has 104 valence electrons. The molecule has 0 spiro atoms. The van der Waals surface area contributed by atoms with Gasteiger partial charge in [-0.25, -0.2) is 4.39 Å². The highest BCUT2D eigenvalue weighted by molar-refractivity contribution is 5.34. The third-order valence-electron chi connectivity index (χ3n) is 3.64. The number of halogens is 1. The largest absolute Gasteiger partial charge is 0.457 e. The predicted octanol–water partition coefficient (Wildman–Crippen LogP) is 4.43. The maximum Gasteiger partial charge on any atom is 0.127 e. The number of benzene rings is 2. The molecule has 1 atom stereocenters. The van der Waals surface area contributed by atoms with E-state index in [9.17, 15) is 4.39 Å².